The molecule has 0 saturated heterocycles. The molecular formula is C17H19N3O2. The lowest BCUT2D eigenvalue weighted by Gasteiger charge is -2.19. The molecule has 0 heterocycles. The predicted molar refractivity (Wildman–Crippen MR) is 86.4 cm³/mol. The van der Waals surface area contributed by atoms with E-state index in [1.807, 2.05) is 62.4 Å². The highest BCUT2D eigenvalue weighted by Gasteiger charge is 2.21. The van der Waals surface area contributed by atoms with Crippen LogP contribution in [0.1, 0.15) is 22.7 Å². The highest BCUT2D eigenvalue weighted by molar-refractivity contribution is 5.98. The highest BCUT2D eigenvalue weighted by Crippen LogP contribution is 2.22. The van der Waals surface area contributed by atoms with Crippen LogP contribution in [0.2, 0.25) is 0 Å². The van der Waals surface area contributed by atoms with Crippen molar-refractivity contribution in [3.63, 3.8) is 0 Å². The van der Waals surface area contributed by atoms with Gasteiger partial charge in [-0.2, -0.15) is 0 Å². The van der Waals surface area contributed by atoms with Crippen molar-refractivity contribution in [3.05, 3.63) is 65.2 Å². The van der Waals surface area contributed by atoms with Gasteiger partial charge in [-0.3, -0.25) is 10.1 Å². The van der Waals surface area contributed by atoms with Gasteiger partial charge in [-0.1, -0.05) is 36.4 Å². The van der Waals surface area contributed by atoms with Gasteiger partial charge in [-0.25, -0.2) is 4.79 Å². The van der Waals surface area contributed by atoms with Crippen molar-refractivity contribution in [1.29, 1.82) is 0 Å². The summed E-state index contributed by atoms with van der Waals surface area (Å²) in [6.07, 6.45) is 0. The van der Waals surface area contributed by atoms with E-state index in [9.17, 15) is 9.59 Å². The van der Waals surface area contributed by atoms with Gasteiger partial charge in [-0.15, -0.1) is 0 Å². The SMILES string of the molecule is Cc1cc(C)cc(N[C@@H](C(=O)NC(N)=O)c2ccccc2)c1. The molecule has 114 valence electrons. The Hall–Kier alpha value is -2.82. The molecule has 22 heavy (non-hydrogen) atoms. The molecular weight excluding hydrogens is 278 g/mol. The van der Waals surface area contributed by atoms with Crippen LogP contribution in [0, 0.1) is 13.8 Å². The Labute approximate surface area is 129 Å². The molecule has 0 fully saturated rings. The van der Waals surface area contributed by atoms with E-state index in [0.717, 1.165) is 22.4 Å². The summed E-state index contributed by atoms with van der Waals surface area (Å²) >= 11 is 0. The minimum absolute atomic E-state index is 0.488. The van der Waals surface area contributed by atoms with Crippen molar-refractivity contribution in [3.8, 4) is 0 Å². The molecule has 5 nitrogen and oxygen atoms in total. The van der Waals surface area contributed by atoms with Crippen LogP contribution in [0.5, 0.6) is 0 Å². The minimum Gasteiger partial charge on any atom is -0.370 e. The topological polar surface area (TPSA) is 84.2 Å². The number of nitrogens with one attached hydrogen (secondary N) is 2. The summed E-state index contributed by atoms with van der Waals surface area (Å²) in [4.78, 5) is 23.2. The van der Waals surface area contributed by atoms with Crippen molar-refractivity contribution < 1.29 is 9.59 Å². The summed E-state index contributed by atoms with van der Waals surface area (Å²) < 4.78 is 0. The number of rotatable bonds is 4. The van der Waals surface area contributed by atoms with Crippen molar-refractivity contribution >= 4 is 17.6 Å². The summed E-state index contributed by atoms with van der Waals surface area (Å²) in [6, 6.07) is 13.5. The van der Waals surface area contributed by atoms with Crippen LogP contribution in [0.4, 0.5) is 10.5 Å². The van der Waals surface area contributed by atoms with Gasteiger partial charge in [0, 0.05) is 5.69 Å². The maximum absolute atomic E-state index is 12.3. The van der Waals surface area contributed by atoms with Crippen molar-refractivity contribution in [2.45, 2.75) is 19.9 Å². The second-order valence-electron chi connectivity index (χ2n) is 5.22. The number of aryl methyl sites for hydroxylation is 2. The van der Waals surface area contributed by atoms with Crippen LogP contribution < -0.4 is 16.4 Å². The van der Waals surface area contributed by atoms with Crippen LogP contribution in [0.15, 0.2) is 48.5 Å². The van der Waals surface area contributed by atoms with Gasteiger partial charge in [0.25, 0.3) is 5.91 Å². The fraction of sp³-hybridized carbons (Fsp3) is 0.176. The normalized spacial score (nSPS) is 11.5. The lowest BCUT2D eigenvalue weighted by Crippen LogP contribution is -2.40. The molecule has 1 atom stereocenters. The number of carbonyl (C=O) groups excluding carboxylic acids is 2. The largest absolute Gasteiger partial charge is 0.370 e. The van der Waals surface area contributed by atoms with Gasteiger partial charge in [-0.05, 0) is 42.7 Å². The standard InChI is InChI=1S/C17H19N3O2/c1-11-8-12(2)10-14(9-11)19-15(16(21)20-17(18)22)13-6-4-3-5-7-13/h3-10,15,19H,1-2H3,(H3,18,20,21,22)/t15-/m1/s1. The Balaban J connectivity index is 2.32. The molecule has 0 aliphatic heterocycles. The quantitative estimate of drug-likeness (QED) is 0.811. The molecule has 0 aromatic heterocycles. The van der Waals surface area contributed by atoms with E-state index in [0.29, 0.717) is 0 Å². The number of benzene rings is 2. The second kappa shape index (κ2) is 6.76. The third-order valence-electron chi connectivity index (χ3n) is 3.17. The maximum atomic E-state index is 12.3. The molecule has 0 aliphatic rings. The summed E-state index contributed by atoms with van der Waals surface area (Å²) in [5, 5.41) is 5.29. The smallest absolute Gasteiger partial charge is 0.318 e. The van der Waals surface area contributed by atoms with Crippen molar-refractivity contribution in [2.75, 3.05) is 5.32 Å². The zero-order chi connectivity index (χ0) is 16.1. The van der Waals surface area contributed by atoms with E-state index in [1.165, 1.54) is 0 Å². The molecule has 4 N–H and O–H groups in total. The fourth-order valence-corrected chi connectivity index (χ4v) is 2.36. The summed E-state index contributed by atoms with van der Waals surface area (Å²) in [5.41, 5.74) is 8.79. The monoisotopic (exact) mass is 297 g/mol. The predicted octanol–water partition coefficient (Wildman–Crippen LogP) is 2.65. The summed E-state index contributed by atoms with van der Waals surface area (Å²) in [7, 11) is 0. The lowest BCUT2D eigenvalue weighted by atomic mass is 10.0. The molecule has 5 heteroatoms. The first kappa shape index (κ1) is 15.6. The number of hydrogen-bond donors (Lipinski definition) is 3. The van der Waals surface area contributed by atoms with Crippen LogP contribution in [-0.2, 0) is 4.79 Å². The maximum Gasteiger partial charge on any atom is 0.318 e. The van der Waals surface area contributed by atoms with E-state index in [4.69, 9.17) is 5.73 Å². The molecule has 0 bridgehead atoms. The molecule has 2 rings (SSSR count). The van der Waals surface area contributed by atoms with Gasteiger partial charge < -0.3 is 11.1 Å². The van der Waals surface area contributed by atoms with E-state index >= 15 is 0 Å². The van der Waals surface area contributed by atoms with Gasteiger partial charge in [0.05, 0.1) is 0 Å². The van der Waals surface area contributed by atoms with E-state index in [2.05, 4.69) is 10.6 Å². The first-order chi connectivity index (χ1) is 10.5. The molecule has 0 saturated carbocycles. The zero-order valence-electron chi connectivity index (χ0n) is 12.6. The molecule has 2 aromatic carbocycles. The Morgan fingerprint density at radius 3 is 2.14 bits per heavy atom. The molecule has 0 spiro atoms. The number of urea groups is 1. The summed E-state index contributed by atoms with van der Waals surface area (Å²) in [6.45, 7) is 3.97. The van der Waals surface area contributed by atoms with Gasteiger partial charge >= 0.3 is 6.03 Å². The second-order valence-corrected chi connectivity index (χ2v) is 5.22. The number of hydrogen-bond acceptors (Lipinski definition) is 3. The highest BCUT2D eigenvalue weighted by atomic mass is 16.2. The van der Waals surface area contributed by atoms with E-state index in [1.54, 1.807) is 0 Å². The Kier molecular flexibility index (Phi) is 4.78. The van der Waals surface area contributed by atoms with E-state index < -0.39 is 18.0 Å². The Morgan fingerprint density at radius 1 is 1.00 bits per heavy atom. The zero-order valence-corrected chi connectivity index (χ0v) is 12.6. The van der Waals surface area contributed by atoms with Crippen molar-refractivity contribution in [2.24, 2.45) is 5.73 Å². The van der Waals surface area contributed by atoms with Crippen LogP contribution >= 0.6 is 0 Å². The number of amides is 3. The van der Waals surface area contributed by atoms with Crippen LogP contribution in [-0.4, -0.2) is 11.9 Å². The Morgan fingerprint density at radius 2 is 1.59 bits per heavy atom. The molecule has 3 amide bonds. The fourth-order valence-electron chi connectivity index (χ4n) is 2.36. The first-order valence-electron chi connectivity index (χ1n) is 6.96. The molecule has 2 aromatic rings. The average molecular weight is 297 g/mol. The number of nitrogens with two attached hydrogens (primary N) is 1. The van der Waals surface area contributed by atoms with Gasteiger partial charge in [0.15, 0.2) is 0 Å². The number of anilines is 1. The van der Waals surface area contributed by atoms with Gasteiger partial charge in [0.1, 0.15) is 6.04 Å². The Bertz CT molecular complexity index is 663. The van der Waals surface area contributed by atoms with Gasteiger partial charge in [0.2, 0.25) is 0 Å². The molecule has 0 radical (unpaired) electrons. The molecule has 0 aliphatic carbocycles. The molecule has 0 unspecified atom stereocenters. The average Bonchev–Trinajstić information content (AvgIpc) is 2.44. The van der Waals surface area contributed by atoms with Crippen LogP contribution in [0.3, 0.4) is 0 Å². The van der Waals surface area contributed by atoms with E-state index in [-0.39, 0.29) is 0 Å². The first-order valence-corrected chi connectivity index (χ1v) is 6.96. The number of imide groups is 1. The third-order valence-corrected chi connectivity index (χ3v) is 3.17. The third kappa shape index (κ3) is 4.09. The number of carbonyl (C=O) groups is 2. The summed E-state index contributed by atoms with van der Waals surface area (Å²) in [5.74, 6) is -0.488. The number of primary amides is 1. The van der Waals surface area contributed by atoms with Crippen LogP contribution in [0.25, 0.3) is 0 Å². The minimum atomic E-state index is -0.867. The lowest BCUT2D eigenvalue weighted by molar-refractivity contribution is -0.120. The van der Waals surface area contributed by atoms with Crippen molar-refractivity contribution in [1.82, 2.24) is 5.32 Å².